The summed E-state index contributed by atoms with van der Waals surface area (Å²) in [5, 5.41) is 7.94. The van der Waals surface area contributed by atoms with Gasteiger partial charge in [-0.15, -0.1) is 0 Å². The molecule has 0 saturated heterocycles. The van der Waals surface area contributed by atoms with Gasteiger partial charge < -0.3 is 9.88 Å². The van der Waals surface area contributed by atoms with Crippen LogP contribution in [0.5, 0.6) is 0 Å². The molecule has 2 aromatic heterocycles. The summed E-state index contributed by atoms with van der Waals surface area (Å²) in [6.07, 6.45) is 1.65. The quantitative estimate of drug-likeness (QED) is 0.794. The number of aryl methyl sites for hydroxylation is 3. The molecular formula is C18H20N4O2. The predicted octanol–water partition coefficient (Wildman–Crippen LogP) is 1.67. The maximum Gasteiger partial charge on any atom is 0.277 e. The Hall–Kier alpha value is -2.89. The molecule has 0 unspecified atom stereocenters. The van der Waals surface area contributed by atoms with Crippen molar-refractivity contribution in [1.82, 2.24) is 19.7 Å². The van der Waals surface area contributed by atoms with Gasteiger partial charge >= 0.3 is 0 Å². The average molecular weight is 324 g/mol. The lowest BCUT2D eigenvalue weighted by atomic mass is 10.1. The summed E-state index contributed by atoms with van der Waals surface area (Å²) in [6, 6.07) is 9.72. The summed E-state index contributed by atoms with van der Waals surface area (Å²) in [5.41, 5.74) is 3.31. The first-order chi connectivity index (χ1) is 11.5. The van der Waals surface area contributed by atoms with E-state index in [4.69, 9.17) is 0 Å². The van der Waals surface area contributed by atoms with E-state index in [1.165, 1.54) is 4.57 Å². The Morgan fingerprint density at radius 2 is 1.96 bits per heavy atom. The van der Waals surface area contributed by atoms with Crippen LogP contribution in [0.2, 0.25) is 0 Å². The van der Waals surface area contributed by atoms with Gasteiger partial charge in [0.25, 0.3) is 5.56 Å². The van der Waals surface area contributed by atoms with Crippen molar-refractivity contribution >= 4 is 16.8 Å². The largest absolute Gasteiger partial charge is 0.350 e. The van der Waals surface area contributed by atoms with Crippen LogP contribution < -0.4 is 10.9 Å². The fourth-order valence-electron chi connectivity index (χ4n) is 2.83. The molecule has 6 heteroatoms. The van der Waals surface area contributed by atoms with Gasteiger partial charge in [0.1, 0.15) is 12.1 Å². The lowest BCUT2D eigenvalue weighted by Crippen LogP contribution is -2.32. The smallest absolute Gasteiger partial charge is 0.277 e. The second-order valence-corrected chi connectivity index (χ2v) is 5.92. The highest BCUT2D eigenvalue weighted by atomic mass is 16.2. The van der Waals surface area contributed by atoms with Crippen LogP contribution in [0.3, 0.4) is 0 Å². The fourth-order valence-corrected chi connectivity index (χ4v) is 2.83. The highest BCUT2D eigenvalue weighted by Crippen LogP contribution is 2.12. The molecule has 2 heterocycles. The number of aromatic nitrogens is 3. The van der Waals surface area contributed by atoms with Gasteiger partial charge in [0.2, 0.25) is 5.91 Å². The lowest BCUT2D eigenvalue weighted by molar-refractivity contribution is -0.121. The molecule has 124 valence electrons. The normalized spacial score (nSPS) is 11.0. The molecule has 3 rings (SSSR count). The Morgan fingerprint density at radius 3 is 2.71 bits per heavy atom. The van der Waals surface area contributed by atoms with Gasteiger partial charge in [-0.3, -0.25) is 14.3 Å². The molecule has 6 nitrogen and oxygen atoms in total. The average Bonchev–Trinajstić information content (AvgIpc) is 2.84. The van der Waals surface area contributed by atoms with Gasteiger partial charge in [-0.1, -0.05) is 24.3 Å². The van der Waals surface area contributed by atoms with Crippen LogP contribution in [0.15, 0.2) is 41.3 Å². The molecule has 0 saturated carbocycles. The first-order valence-corrected chi connectivity index (χ1v) is 7.81. The third kappa shape index (κ3) is 2.95. The number of amides is 1. The van der Waals surface area contributed by atoms with Crippen molar-refractivity contribution in [2.75, 3.05) is 0 Å². The Kier molecular flexibility index (Phi) is 4.20. The summed E-state index contributed by atoms with van der Waals surface area (Å²) in [4.78, 5) is 24.7. The third-order valence-electron chi connectivity index (χ3n) is 4.20. The highest BCUT2D eigenvalue weighted by Gasteiger charge is 2.12. The summed E-state index contributed by atoms with van der Waals surface area (Å²) in [5.74, 6) is -0.196. The van der Waals surface area contributed by atoms with E-state index in [0.29, 0.717) is 12.1 Å². The second kappa shape index (κ2) is 6.31. The highest BCUT2D eigenvalue weighted by molar-refractivity contribution is 5.81. The van der Waals surface area contributed by atoms with E-state index < -0.39 is 0 Å². The molecule has 0 aliphatic heterocycles. The molecule has 0 spiro atoms. The molecule has 0 radical (unpaired) electrons. The predicted molar refractivity (Wildman–Crippen MR) is 92.7 cm³/mol. The Balaban J connectivity index is 1.76. The van der Waals surface area contributed by atoms with E-state index in [1.54, 1.807) is 17.9 Å². The maximum atomic E-state index is 12.5. The number of fused-ring (bicyclic) bond motifs is 1. The SMILES string of the molecule is Cc1ccccc1CNC(=O)Cn1ccc2c(C)nn(C)c2c1=O. The van der Waals surface area contributed by atoms with E-state index in [9.17, 15) is 9.59 Å². The van der Waals surface area contributed by atoms with Gasteiger partial charge in [0, 0.05) is 25.2 Å². The minimum Gasteiger partial charge on any atom is -0.350 e. The van der Waals surface area contributed by atoms with Crippen molar-refractivity contribution in [3.8, 4) is 0 Å². The van der Waals surface area contributed by atoms with Crippen molar-refractivity contribution in [3.63, 3.8) is 0 Å². The number of nitrogens with one attached hydrogen (secondary N) is 1. The van der Waals surface area contributed by atoms with Crippen molar-refractivity contribution in [2.45, 2.75) is 26.9 Å². The Morgan fingerprint density at radius 1 is 1.21 bits per heavy atom. The minimum atomic E-state index is -0.207. The summed E-state index contributed by atoms with van der Waals surface area (Å²) in [7, 11) is 1.74. The standard InChI is InChI=1S/C18H20N4O2/c1-12-6-4-5-7-14(12)10-19-16(23)11-22-9-8-15-13(2)20-21(3)17(15)18(22)24/h4-9H,10-11H2,1-3H3,(H,19,23). The number of rotatable bonds is 4. The van der Waals surface area contributed by atoms with Crippen LogP contribution in [0.4, 0.5) is 0 Å². The number of benzene rings is 1. The van der Waals surface area contributed by atoms with Crippen LogP contribution in [0, 0.1) is 13.8 Å². The van der Waals surface area contributed by atoms with Crippen molar-refractivity contribution in [1.29, 1.82) is 0 Å². The van der Waals surface area contributed by atoms with Gasteiger partial charge in [0.05, 0.1) is 5.69 Å². The van der Waals surface area contributed by atoms with E-state index in [2.05, 4.69) is 10.4 Å². The van der Waals surface area contributed by atoms with E-state index in [0.717, 1.165) is 22.2 Å². The first kappa shape index (κ1) is 16.0. The molecule has 24 heavy (non-hydrogen) atoms. The fraction of sp³-hybridized carbons (Fsp3) is 0.278. The Labute approximate surface area is 139 Å². The van der Waals surface area contributed by atoms with Crippen LogP contribution in [-0.2, 0) is 24.9 Å². The number of nitrogens with zero attached hydrogens (tertiary/aromatic N) is 3. The number of hydrogen-bond donors (Lipinski definition) is 1. The number of carbonyl (C=O) groups excluding carboxylic acids is 1. The molecule has 1 N–H and O–H groups in total. The van der Waals surface area contributed by atoms with Crippen molar-refractivity contribution in [2.24, 2.45) is 7.05 Å². The van der Waals surface area contributed by atoms with Crippen LogP contribution in [0.25, 0.3) is 10.9 Å². The number of hydrogen-bond acceptors (Lipinski definition) is 3. The summed E-state index contributed by atoms with van der Waals surface area (Å²) in [6.45, 7) is 4.31. The van der Waals surface area contributed by atoms with Crippen molar-refractivity contribution < 1.29 is 4.79 Å². The zero-order valence-corrected chi connectivity index (χ0v) is 14.0. The van der Waals surface area contributed by atoms with Crippen molar-refractivity contribution in [3.05, 3.63) is 63.7 Å². The lowest BCUT2D eigenvalue weighted by Gasteiger charge is -2.09. The van der Waals surface area contributed by atoms with Crippen LogP contribution in [-0.4, -0.2) is 20.3 Å². The zero-order chi connectivity index (χ0) is 17.3. The van der Waals surface area contributed by atoms with E-state index in [1.807, 2.05) is 44.2 Å². The molecule has 3 aromatic rings. The van der Waals surface area contributed by atoms with Gasteiger partial charge in [-0.25, -0.2) is 0 Å². The second-order valence-electron chi connectivity index (χ2n) is 5.92. The molecule has 1 amide bonds. The number of carbonyl (C=O) groups is 1. The van der Waals surface area contributed by atoms with Crippen LogP contribution >= 0.6 is 0 Å². The monoisotopic (exact) mass is 324 g/mol. The molecule has 0 fully saturated rings. The summed E-state index contributed by atoms with van der Waals surface area (Å²) >= 11 is 0. The zero-order valence-electron chi connectivity index (χ0n) is 14.0. The minimum absolute atomic E-state index is 0.00905. The molecule has 0 aliphatic rings. The summed E-state index contributed by atoms with van der Waals surface area (Å²) < 4.78 is 2.98. The van der Waals surface area contributed by atoms with Gasteiger partial charge in [-0.05, 0) is 31.0 Å². The Bertz CT molecular complexity index is 969. The van der Waals surface area contributed by atoms with E-state index in [-0.39, 0.29) is 18.0 Å². The molecule has 0 atom stereocenters. The van der Waals surface area contributed by atoms with E-state index >= 15 is 0 Å². The molecule has 1 aromatic carbocycles. The maximum absolute atomic E-state index is 12.5. The topological polar surface area (TPSA) is 68.9 Å². The number of pyridine rings is 1. The van der Waals surface area contributed by atoms with Gasteiger partial charge in [0.15, 0.2) is 0 Å². The molecule has 0 aliphatic carbocycles. The van der Waals surface area contributed by atoms with Crippen LogP contribution in [0.1, 0.15) is 16.8 Å². The first-order valence-electron chi connectivity index (χ1n) is 7.81. The third-order valence-corrected chi connectivity index (χ3v) is 4.20. The van der Waals surface area contributed by atoms with Gasteiger partial charge in [-0.2, -0.15) is 5.10 Å². The molecular weight excluding hydrogens is 304 g/mol. The molecule has 0 bridgehead atoms.